The van der Waals surface area contributed by atoms with Gasteiger partial charge in [-0.05, 0) is 13.0 Å². The van der Waals surface area contributed by atoms with Crippen LogP contribution in [-0.2, 0) is 16.6 Å². The Morgan fingerprint density at radius 1 is 1.40 bits per heavy atom. The third-order valence-electron chi connectivity index (χ3n) is 3.13. The molecule has 1 N–H and O–H groups in total. The minimum Gasteiger partial charge on any atom is -0.452 e. The fourth-order valence-electron chi connectivity index (χ4n) is 1.97. The molecule has 132 valence electrons. The van der Waals surface area contributed by atoms with E-state index in [1.54, 1.807) is 14.0 Å². The van der Waals surface area contributed by atoms with Gasteiger partial charge in [0.1, 0.15) is 10.7 Å². The maximum absolute atomic E-state index is 12.0. The molecule has 9 nitrogen and oxygen atoms in total. The predicted molar refractivity (Wildman–Crippen MR) is 90.0 cm³/mol. The Bertz CT molecular complexity index is 865. The fraction of sp³-hybridized carbons (Fsp3) is 0.214. The summed E-state index contributed by atoms with van der Waals surface area (Å²) in [6.45, 7) is 0.996. The molecule has 0 unspecified atom stereocenters. The standard InChI is InChI=1S/C14H12Cl2N4O5/c1-7-12(13(16)19(2)18-7)14(22)25-6-11(21)17-10-4-3-8(20(23)24)5-9(10)15/h3-5H,6H2,1-2H3,(H,17,21). The van der Waals surface area contributed by atoms with Gasteiger partial charge in [0.25, 0.3) is 11.6 Å². The van der Waals surface area contributed by atoms with Gasteiger partial charge in [-0.3, -0.25) is 19.6 Å². The lowest BCUT2D eigenvalue weighted by atomic mass is 10.2. The number of non-ortho nitro benzene ring substituents is 1. The van der Waals surface area contributed by atoms with Crippen LogP contribution >= 0.6 is 23.2 Å². The van der Waals surface area contributed by atoms with E-state index in [-0.39, 0.29) is 27.1 Å². The van der Waals surface area contributed by atoms with Gasteiger partial charge in [0.05, 0.1) is 21.3 Å². The normalized spacial score (nSPS) is 10.4. The average Bonchev–Trinajstić information content (AvgIpc) is 2.79. The van der Waals surface area contributed by atoms with Gasteiger partial charge in [-0.25, -0.2) is 4.79 Å². The molecule has 1 heterocycles. The molecule has 1 aromatic carbocycles. The molecule has 2 aromatic rings. The van der Waals surface area contributed by atoms with Crippen molar-refractivity contribution in [1.82, 2.24) is 9.78 Å². The van der Waals surface area contributed by atoms with Crippen LogP contribution in [0.3, 0.4) is 0 Å². The topological polar surface area (TPSA) is 116 Å². The second kappa shape index (κ2) is 7.49. The lowest BCUT2D eigenvalue weighted by Gasteiger charge is -2.08. The van der Waals surface area contributed by atoms with Gasteiger partial charge in [-0.1, -0.05) is 23.2 Å². The molecule has 0 fully saturated rings. The van der Waals surface area contributed by atoms with Gasteiger partial charge in [0.2, 0.25) is 0 Å². The smallest absolute Gasteiger partial charge is 0.343 e. The first-order valence-electron chi connectivity index (χ1n) is 6.80. The van der Waals surface area contributed by atoms with E-state index in [0.717, 1.165) is 6.07 Å². The highest BCUT2D eigenvalue weighted by atomic mass is 35.5. The van der Waals surface area contributed by atoms with E-state index < -0.39 is 23.4 Å². The van der Waals surface area contributed by atoms with Crippen molar-refractivity contribution in [2.24, 2.45) is 7.05 Å². The number of aromatic nitrogens is 2. The molecule has 1 aromatic heterocycles. The number of aryl methyl sites for hydroxylation is 2. The van der Waals surface area contributed by atoms with Crippen LogP contribution in [-0.4, -0.2) is 33.2 Å². The predicted octanol–water partition coefficient (Wildman–Crippen LogP) is 2.74. The van der Waals surface area contributed by atoms with Crippen molar-refractivity contribution < 1.29 is 19.2 Å². The minimum absolute atomic E-state index is 0.0139. The molecular weight excluding hydrogens is 375 g/mol. The number of rotatable bonds is 5. The molecule has 0 spiro atoms. The first kappa shape index (κ1) is 18.7. The summed E-state index contributed by atoms with van der Waals surface area (Å²) in [5, 5.41) is 17.1. The van der Waals surface area contributed by atoms with Crippen molar-refractivity contribution >= 4 is 46.5 Å². The number of nitro groups is 1. The van der Waals surface area contributed by atoms with E-state index in [4.69, 9.17) is 27.9 Å². The highest BCUT2D eigenvalue weighted by Crippen LogP contribution is 2.26. The number of nitro benzene ring substituents is 1. The molecule has 25 heavy (non-hydrogen) atoms. The maximum atomic E-state index is 12.0. The van der Waals surface area contributed by atoms with Gasteiger partial charge in [0.15, 0.2) is 6.61 Å². The number of carbonyl (C=O) groups excluding carboxylic acids is 2. The van der Waals surface area contributed by atoms with Crippen LogP contribution in [0.5, 0.6) is 0 Å². The van der Waals surface area contributed by atoms with Gasteiger partial charge in [-0.15, -0.1) is 0 Å². The van der Waals surface area contributed by atoms with Crippen molar-refractivity contribution in [3.8, 4) is 0 Å². The third-order valence-corrected chi connectivity index (χ3v) is 3.87. The number of nitrogens with zero attached hydrogens (tertiary/aromatic N) is 3. The molecule has 0 atom stereocenters. The van der Waals surface area contributed by atoms with E-state index in [1.807, 2.05) is 0 Å². The number of esters is 1. The summed E-state index contributed by atoms with van der Waals surface area (Å²) in [7, 11) is 1.56. The fourth-order valence-corrected chi connectivity index (χ4v) is 2.44. The molecule has 2 rings (SSSR count). The van der Waals surface area contributed by atoms with Crippen LogP contribution in [0, 0.1) is 17.0 Å². The van der Waals surface area contributed by atoms with Crippen LogP contribution in [0.1, 0.15) is 16.1 Å². The molecular formula is C14H12Cl2N4O5. The molecule has 0 aliphatic heterocycles. The SMILES string of the molecule is Cc1nn(C)c(Cl)c1C(=O)OCC(=O)Nc1ccc([N+](=O)[O-])cc1Cl. The highest BCUT2D eigenvalue weighted by Gasteiger charge is 2.21. The zero-order valence-corrected chi connectivity index (χ0v) is 14.6. The highest BCUT2D eigenvalue weighted by molar-refractivity contribution is 6.34. The number of nitrogens with one attached hydrogen (secondary N) is 1. The monoisotopic (exact) mass is 386 g/mol. The van der Waals surface area contributed by atoms with Gasteiger partial charge < -0.3 is 10.1 Å². The zero-order valence-electron chi connectivity index (χ0n) is 13.1. The van der Waals surface area contributed by atoms with Crippen LogP contribution < -0.4 is 5.32 Å². The van der Waals surface area contributed by atoms with Crippen LogP contribution in [0.4, 0.5) is 11.4 Å². The molecule has 1 amide bonds. The van der Waals surface area contributed by atoms with Crippen molar-refractivity contribution in [2.45, 2.75) is 6.92 Å². The summed E-state index contributed by atoms with van der Waals surface area (Å²) >= 11 is 11.8. The summed E-state index contributed by atoms with van der Waals surface area (Å²) in [5.74, 6) is -1.46. The molecule has 0 saturated heterocycles. The second-order valence-corrected chi connectivity index (χ2v) is 5.69. The minimum atomic E-state index is -0.791. The summed E-state index contributed by atoms with van der Waals surface area (Å²) in [6, 6.07) is 3.57. The van der Waals surface area contributed by atoms with Gasteiger partial charge >= 0.3 is 5.97 Å². The lowest BCUT2D eigenvalue weighted by molar-refractivity contribution is -0.384. The Labute approximate surface area is 151 Å². The Morgan fingerprint density at radius 3 is 2.60 bits per heavy atom. The Hall–Kier alpha value is -2.65. The molecule has 0 radical (unpaired) electrons. The van der Waals surface area contributed by atoms with E-state index in [2.05, 4.69) is 10.4 Å². The maximum Gasteiger partial charge on any atom is 0.343 e. The number of carbonyl (C=O) groups is 2. The Morgan fingerprint density at radius 2 is 2.08 bits per heavy atom. The first-order valence-corrected chi connectivity index (χ1v) is 7.56. The number of halogens is 2. The number of anilines is 1. The molecule has 11 heteroatoms. The van der Waals surface area contributed by atoms with E-state index in [0.29, 0.717) is 5.69 Å². The lowest BCUT2D eigenvalue weighted by Crippen LogP contribution is -2.21. The molecule has 0 aliphatic carbocycles. The van der Waals surface area contributed by atoms with E-state index >= 15 is 0 Å². The van der Waals surface area contributed by atoms with E-state index in [9.17, 15) is 19.7 Å². The van der Waals surface area contributed by atoms with Crippen LogP contribution in [0.2, 0.25) is 10.2 Å². The summed E-state index contributed by atoms with van der Waals surface area (Å²) < 4.78 is 6.21. The summed E-state index contributed by atoms with van der Waals surface area (Å²) in [5.41, 5.74) is 0.390. The number of amides is 1. The Kier molecular flexibility index (Phi) is 5.60. The second-order valence-electron chi connectivity index (χ2n) is 4.92. The first-order chi connectivity index (χ1) is 11.7. The van der Waals surface area contributed by atoms with Crippen LogP contribution in [0.25, 0.3) is 0 Å². The van der Waals surface area contributed by atoms with Gasteiger partial charge in [0, 0.05) is 19.2 Å². The van der Waals surface area contributed by atoms with Crippen molar-refractivity contribution in [3.05, 3.63) is 49.7 Å². The van der Waals surface area contributed by atoms with Crippen molar-refractivity contribution in [2.75, 3.05) is 11.9 Å². The molecule has 0 aliphatic rings. The summed E-state index contributed by atoms with van der Waals surface area (Å²) in [4.78, 5) is 33.9. The van der Waals surface area contributed by atoms with E-state index in [1.165, 1.54) is 16.8 Å². The average molecular weight is 387 g/mol. The molecule has 0 saturated carbocycles. The quantitative estimate of drug-likeness (QED) is 0.479. The number of hydrogen-bond donors (Lipinski definition) is 1. The van der Waals surface area contributed by atoms with Crippen molar-refractivity contribution in [3.63, 3.8) is 0 Å². The largest absolute Gasteiger partial charge is 0.452 e. The Balaban J connectivity index is 1.99. The molecule has 0 bridgehead atoms. The summed E-state index contributed by atoms with van der Waals surface area (Å²) in [6.07, 6.45) is 0. The van der Waals surface area contributed by atoms with Crippen LogP contribution in [0.15, 0.2) is 18.2 Å². The zero-order chi connectivity index (χ0) is 18.7. The third kappa shape index (κ3) is 4.25. The number of hydrogen-bond acceptors (Lipinski definition) is 6. The number of benzene rings is 1. The van der Waals surface area contributed by atoms with Gasteiger partial charge in [-0.2, -0.15) is 5.10 Å². The van der Waals surface area contributed by atoms with Crippen molar-refractivity contribution in [1.29, 1.82) is 0 Å². The number of ether oxygens (including phenoxy) is 1.